The standard InChI is InChI=1S/C12H19NO4/c1-9(14)10(11(15)16)13-17-12(2)7-5-3-4-6-8-12/h3-8H2,1-2H3,(H,15,16). The molecule has 5 nitrogen and oxygen atoms in total. The summed E-state index contributed by atoms with van der Waals surface area (Å²) >= 11 is 0. The lowest BCUT2D eigenvalue weighted by Gasteiger charge is -2.25. The van der Waals surface area contributed by atoms with E-state index in [1.54, 1.807) is 0 Å². The van der Waals surface area contributed by atoms with Gasteiger partial charge in [0.15, 0.2) is 5.78 Å². The number of hydrogen-bond acceptors (Lipinski definition) is 4. The average molecular weight is 241 g/mol. The number of nitrogens with zero attached hydrogens (tertiary/aromatic N) is 1. The van der Waals surface area contributed by atoms with Crippen LogP contribution in [0.2, 0.25) is 0 Å². The maximum atomic E-state index is 11.0. The van der Waals surface area contributed by atoms with Crippen LogP contribution in [0, 0.1) is 0 Å². The predicted molar refractivity (Wildman–Crippen MR) is 62.9 cm³/mol. The largest absolute Gasteiger partial charge is 0.476 e. The molecule has 1 aliphatic rings. The molecule has 0 bridgehead atoms. The number of rotatable bonds is 4. The Kier molecular flexibility index (Phi) is 4.66. The van der Waals surface area contributed by atoms with Crippen molar-refractivity contribution in [1.29, 1.82) is 0 Å². The van der Waals surface area contributed by atoms with E-state index in [-0.39, 0.29) is 0 Å². The molecule has 0 aromatic rings. The summed E-state index contributed by atoms with van der Waals surface area (Å²) in [6.45, 7) is 3.09. The van der Waals surface area contributed by atoms with Gasteiger partial charge in [0.05, 0.1) is 0 Å². The summed E-state index contributed by atoms with van der Waals surface area (Å²) < 4.78 is 0. The maximum absolute atomic E-state index is 11.0. The zero-order valence-corrected chi connectivity index (χ0v) is 10.4. The lowest BCUT2D eigenvalue weighted by atomic mass is 9.97. The van der Waals surface area contributed by atoms with Gasteiger partial charge in [-0.3, -0.25) is 4.79 Å². The minimum absolute atomic E-state index is 0.438. The zero-order valence-electron chi connectivity index (χ0n) is 10.4. The number of Topliss-reactive ketones (excluding diaryl/α,β-unsaturated/α-hetero) is 1. The fourth-order valence-corrected chi connectivity index (χ4v) is 1.98. The summed E-state index contributed by atoms with van der Waals surface area (Å²) in [6.07, 6.45) is 6.13. The molecule has 17 heavy (non-hydrogen) atoms. The molecule has 96 valence electrons. The molecule has 1 rings (SSSR count). The van der Waals surface area contributed by atoms with Crippen molar-refractivity contribution in [2.24, 2.45) is 5.16 Å². The number of oxime groups is 1. The summed E-state index contributed by atoms with van der Waals surface area (Å²) in [6, 6.07) is 0. The van der Waals surface area contributed by atoms with Gasteiger partial charge in [-0.2, -0.15) is 0 Å². The zero-order chi connectivity index (χ0) is 12.9. The van der Waals surface area contributed by atoms with Crippen LogP contribution in [0.25, 0.3) is 0 Å². The smallest absolute Gasteiger partial charge is 0.361 e. The molecule has 0 spiro atoms. The van der Waals surface area contributed by atoms with Gasteiger partial charge in [-0.25, -0.2) is 4.79 Å². The van der Waals surface area contributed by atoms with Crippen LogP contribution in [0.4, 0.5) is 0 Å². The van der Waals surface area contributed by atoms with Gasteiger partial charge in [0, 0.05) is 6.92 Å². The lowest BCUT2D eigenvalue weighted by molar-refractivity contribution is -0.130. The monoisotopic (exact) mass is 241 g/mol. The number of carbonyl (C=O) groups excluding carboxylic acids is 1. The SMILES string of the molecule is CC(=O)C(=NOC1(C)CCCCCC1)C(=O)O. The second kappa shape index (κ2) is 5.80. The van der Waals surface area contributed by atoms with Gasteiger partial charge in [0.1, 0.15) is 5.60 Å². The summed E-state index contributed by atoms with van der Waals surface area (Å²) in [7, 11) is 0. The topological polar surface area (TPSA) is 76.0 Å². The van der Waals surface area contributed by atoms with Crippen molar-refractivity contribution < 1.29 is 19.5 Å². The van der Waals surface area contributed by atoms with Crippen molar-refractivity contribution in [3.8, 4) is 0 Å². The molecule has 0 atom stereocenters. The maximum Gasteiger partial charge on any atom is 0.361 e. The van der Waals surface area contributed by atoms with Crippen molar-refractivity contribution in [3.63, 3.8) is 0 Å². The van der Waals surface area contributed by atoms with Crippen LogP contribution in [0.15, 0.2) is 5.16 Å². The Balaban J connectivity index is 2.71. The van der Waals surface area contributed by atoms with Crippen LogP contribution in [0.3, 0.4) is 0 Å². The molecule has 0 amide bonds. The highest BCUT2D eigenvalue weighted by Gasteiger charge is 2.29. The molecule has 1 saturated carbocycles. The molecule has 5 heteroatoms. The third kappa shape index (κ3) is 4.17. The highest BCUT2D eigenvalue weighted by atomic mass is 16.7. The summed E-state index contributed by atoms with van der Waals surface area (Å²) in [4.78, 5) is 27.1. The summed E-state index contributed by atoms with van der Waals surface area (Å²) in [5.74, 6) is -1.93. The van der Waals surface area contributed by atoms with Crippen molar-refractivity contribution in [3.05, 3.63) is 0 Å². The van der Waals surface area contributed by atoms with Gasteiger partial charge in [0.25, 0.3) is 0 Å². The van der Waals surface area contributed by atoms with Gasteiger partial charge < -0.3 is 9.94 Å². The Hall–Kier alpha value is -1.39. The van der Waals surface area contributed by atoms with Crippen molar-refractivity contribution in [2.45, 2.75) is 58.0 Å². The molecule has 0 unspecified atom stereocenters. The molecule has 0 aromatic heterocycles. The predicted octanol–water partition coefficient (Wildman–Crippen LogP) is 2.15. The molecule has 0 aromatic carbocycles. The molecule has 1 aliphatic carbocycles. The van der Waals surface area contributed by atoms with Gasteiger partial charge in [0.2, 0.25) is 5.71 Å². The van der Waals surface area contributed by atoms with Crippen molar-refractivity contribution >= 4 is 17.5 Å². The van der Waals surface area contributed by atoms with E-state index >= 15 is 0 Å². The number of carboxylic acids is 1. The fraction of sp³-hybridized carbons (Fsp3) is 0.750. The first-order chi connectivity index (χ1) is 7.94. The average Bonchev–Trinajstić information content (AvgIpc) is 2.42. The molecule has 0 aliphatic heterocycles. The Morgan fingerprint density at radius 2 is 1.71 bits per heavy atom. The number of carbonyl (C=O) groups is 2. The Bertz CT molecular complexity index is 311. The third-order valence-corrected chi connectivity index (χ3v) is 3.05. The van der Waals surface area contributed by atoms with E-state index in [1.807, 2.05) is 6.92 Å². The van der Waals surface area contributed by atoms with Crippen molar-refractivity contribution in [2.75, 3.05) is 0 Å². The molecular formula is C12H19NO4. The molecule has 1 fully saturated rings. The number of hydrogen-bond donors (Lipinski definition) is 1. The van der Waals surface area contributed by atoms with E-state index in [4.69, 9.17) is 9.94 Å². The van der Waals surface area contributed by atoms with Gasteiger partial charge in [-0.05, 0) is 32.6 Å². The minimum atomic E-state index is -1.34. The molecule has 0 radical (unpaired) electrons. The van der Waals surface area contributed by atoms with Crippen LogP contribution in [-0.4, -0.2) is 28.2 Å². The van der Waals surface area contributed by atoms with Crippen LogP contribution < -0.4 is 0 Å². The van der Waals surface area contributed by atoms with Gasteiger partial charge in [-0.1, -0.05) is 18.0 Å². The molecule has 1 N–H and O–H groups in total. The quantitative estimate of drug-likeness (QED) is 0.354. The third-order valence-electron chi connectivity index (χ3n) is 3.05. The first-order valence-electron chi connectivity index (χ1n) is 5.95. The second-order valence-corrected chi connectivity index (χ2v) is 4.76. The highest BCUT2D eigenvalue weighted by molar-refractivity contribution is 6.63. The van der Waals surface area contributed by atoms with E-state index in [0.717, 1.165) is 25.7 Å². The van der Waals surface area contributed by atoms with Crippen molar-refractivity contribution in [1.82, 2.24) is 0 Å². The summed E-state index contributed by atoms with van der Waals surface area (Å²) in [5, 5.41) is 12.3. The van der Waals surface area contributed by atoms with Crippen LogP contribution in [0.5, 0.6) is 0 Å². The van der Waals surface area contributed by atoms with E-state index in [2.05, 4.69) is 5.16 Å². The molecule has 0 heterocycles. The first kappa shape index (κ1) is 13.7. The fourth-order valence-electron chi connectivity index (χ4n) is 1.98. The normalized spacial score (nSPS) is 20.5. The second-order valence-electron chi connectivity index (χ2n) is 4.76. The number of aliphatic carboxylic acids is 1. The molecular weight excluding hydrogens is 222 g/mol. The number of ketones is 1. The number of carboxylic acid groups (broad SMARTS) is 1. The summed E-state index contributed by atoms with van der Waals surface area (Å²) in [5.41, 5.74) is -0.970. The van der Waals surface area contributed by atoms with Crippen LogP contribution in [0.1, 0.15) is 52.4 Å². The van der Waals surface area contributed by atoms with E-state index in [9.17, 15) is 9.59 Å². The van der Waals surface area contributed by atoms with E-state index < -0.39 is 23.1 Å². The molecule has 0 saturated heterocycles. The van der Waals surface area contributed by atoms with Gasteiger partial charge in [-0.15, -0.1) is 0 Å². The van der Waals surface area contributed by atoms with Gasteiger partial charge >= 0.3 is 5.97 Å². The minimum Gasteiger partial charge on any atom is -0.476 e. The Morgan fingerprint density at radius 3 is 2.12 bits per heavy atom. The Morgan fingerprint density at radius 1 is 1.18 bits per heavy atom. The van der Waals surface area contributed by atoms with Crippen LogP contribution in [-0.2, 0) is 14.4 Å². The van der Waals surface area contributed by atoms with E-state index in [1.165, 1.54) is 19.8 Å². The Labute approximate surface area is 101 Å². The highest BCUT2D eigenvalue weighted by Crippen LogP contribution is 2.30. The lowest BCUT2D eigenvalue weighted by Crippen LogP contribution is -2.29. The van der Waals surface area contributed by atoms with E-state index in [0.29, 0.717) is 0 Å². The first-order valence-corrected chi connectivity index (χ1v) is 5.95. The van der Waals surface area contributed by atoms with Crippen LogP contribution >= 0.6 is 0 Å².